The maximum Gasteiger partial charge on any atom is 0.257 e. The normalized spacial score (nSPS) is 10.6. The van der Waals surface area contributed by atoms with Crippen molar-refractivity contribution in [3.63, 3.8) is 0 Å². The summed E-state index contributed by atoms with van der Waals surface area (Å²) in [5.74, 6) is -0.655. The largest absolute Gasteiger partial charge is 0.322 e. The van der Waals surface area contributed by atoms with E-state index in [0.717, 1.165) is 11.3 Å². The Labute approximate surface area is 121 Å². The number of hydrogen-bond acceptors (Lipinski definition) is 2. The van der Waals surface area contributed by atoms with Crippen molar-refractivity contribution >= 4 is 22.5 Å². The summed E-state index contributed by atoms with van der Waals surface area (Å²) in [6.07, 6.45) is 1.39. The van der Waals surface area contributed by atoms with Crippen LogP contribution in [0.3, 0.4) is 0 Å². The number of benzene rings is 2. The van der Waals surface area contributed by atoms with E-state index in [1.165, 1.54) is 12.3 Å². The Morgan fingerprint density at radius 2 is 1.95 bits per heavy atom. The Balaban J connectivity index is 1.91. The van der Waals surface area contributed by atoms with E-state index >= 15 is 0 Å². The molecule has 3 nitrogen and oxygen atoms in total. The molecule has 0 aliphatic rings. The number of halogens is 1. The Morgan fingerprint density at radius 3 is 2.76 bits per heavy atom. The van der Waals surface area contributed by atoms with Crippen molar-refractivity contribution in [2.75, 3.05) is 5.32 Å². The molecule has 0 spiro atoms. The van der Waals surface area contributed by atoms with Gasteiger partial charge in [0, 0.05) is 17.3 Å². The van der Waals surface area contributed by atoms with Crippen LogP contribution in [0, 0.1) is 12.7 Å². The van der Waals surface area contributed by atoms with Crippen LogP contribution in [0.25, 0.3) is 10.9 Å². The maximum absolute atomic E-state index is 13.5. The highest BCUT2D eigenvalue weighted by Crippen LogP contribution is 2.17. The van der Waals surface area contributed by atoms with Crippen molar-refractivity contribution < 1.29 is 9.18 Å². The first kappa shape index (κ1) is 13.2. The van der Waals surface area contributed by atoms with Crippen LogP contribution in [-0.2, 0) is 0 Å². The quantitative estimate of drug-likeness (QED) is 0.772. The molecule has 1 aromatic heterocycles. The lowest BCUT2D eigenvalue weighted by atomic mass is 10.1. The summed E-state index contributed by atoms with van der Waals surface area (Å²) in [5, 5.41) is 3.41. The molecule has 0 bridgehead atoms. The van der Waals surface area contributed by atoms with Crippen LogP contribution in [0.2, 0.25) is 0 Å². The highest BCUT2D eigenvalue weighted by Gasteiger charge is 2.09. The third kappa shape index (κ3) is 2.74. The third-order valence-corrected chi connectivity index (χ3v) is 3.20. The van der Waals surface area contributed by atoms with Crippen LogP contribution in [0.15, 0.2) is 54.7 Å². The Morgan fingerprint density at radius 1 is 1.14 bits per heavy atom. The van der Waals surface area contributed by atoms with Crippen molar-refractivity contribution in [1.82, 2.24) is 4.98 Å². The van der Waals surface area contributed by atoms with Gasteiger partial charge in [0.2, 0.25) is 0 Å². The number of fused-ring (bicyclic) bond motifs is 1. The predicted molar refractivity (Wildman–Crippen MR) is 80.8 cm³/mol. The average molecular weight is 280 g/mol. The molecule has 0 fully saturated rings. The zero-order chi connectivity index (χ0) is 14.8. The second-order valence-electron chi connectivity index (χ2n) is 4.86. The monoisotopic (exact) mass is 280 g/mol. The molecule has 0 aliphatic heterocycles. The molecule has 0 saturated heterocycles. The second kappa shape index (κ2) is 5.32. The van der Waals surface area contributed by atoms with Crippen molar-refractivity contribution in [2.45, 2.75) is 6.92 Å². The molecule has 0 atom stereocenters. The first-order chi connectivity index (χ1) is 10.1. The molecule has 2 aromatic carbocycles. The fraction of sp³-hybridized carbons (Fsp3) is 0.0588. The summed E-state index contributed by atoms with van der Waals surface area (Å²) in [4.78, 5) is 16.2. The van der Waals surface area contributed by atoms with E-state index in [4.69, 9.17) is 0 Å². The second-order valence-corrected chi connectivity index (χ2v) is 4.86. The van der Waals surface area contributed by atoms with E-state index < -0.39 is 5.82 Å². The van der Waals surface area contributed by atoms with Crippen molar-refractivity contribution in [1.29, 1.82) is 0 Å². The minimum Gasteiger partial charge on any atom is -0.322 e. The van der Waals surface area contributed by atoms with Gasteiger partial charge in [-0.25, -0.2) is 4.39 Å². The fourth-order valence-electron chi connectivity index (χ4n) is 2.17. The van der Waals surface area contributed by atoms with Gasteiger partial charge in [0.05, 0.1) is 5.56 Å². The van der Waals surface area contributed by atoms with Gasteiger partial charge in [-0.1, -0.05) is 24.3 Å². The van der Waals surface area contributed by atoms with Gasteiger partial charge in [-0.2, -0.15) is 0 Å². The summed E-state index contributed by atoms with van der Waals surface area (Å²) in [6, 6.07) is 13.8. The number of carbonyl (C=O) groups excluding carboxylic acids is 1. The van der Waals surface area contributed by atoms with Gasteiger partial charge in [0.25, 0.3) is 5.91 Å². The van der Waals surface area contributed by atoms with Crippen LogP contribution in [0.4, 0.5) is 10.1 Å². The summed E-state index contributed by atoms with van der Waals surface area (Å²) >= 11 is 0. The summed E-state index contributed by atoms with van der Waals surface area (Å²) in [7, 11) is 0. The lowest BCUT2D eigenvalue weighted by Gasteiger charge is -2.07. The molecule has 21 heavy (non-hydrogen) atoms. The van der Waals surface area contributed by atoms with E-state index in [1.807, 2.05) is 31.2 Å². The van der Waals surface area contributed by atoms with Crippen LogP contribution in [-0.4, -0.2) is 10.9 Å². The molecule has 0 saturated carbocycles. The first-order valence-electron chi connectivity index (χ1n) is 6.56. The topological polar surface area (TPSA) is 42.0 Å². The number of nitrogens with zero attached hydrogens (tertiary/aromatic N) is 1. The zero-order valence-corrected chi connectivity index (χ0v) is 11.4. The molecule has 4 heteroatoms. The predicted octanol–water partition coefficient (Wildman–Crippen LogP) is 3.93. The number of aromatic nitrogens is 1. The van der Waals surface area contributed by atoms with E-state index in [0.29, 0.717) is 10.9 Å². The van der Waals surface area contributed by atoms with E-state index in [9.17, 15) is 9.18 Å². The minimum absolute atomic E-state index is 0.265. The smallest absolute Gasteiger partial charge is 0.257 e. The lowest BCUT2D eigenvalue weighted by Crippen LogP contribution is -2.12. The summed E-state index contributed by atoms with van der Waals surface area (Å²) in [6.45, 7) is 1.95. The summed E-state index contributed by atoms with van der Waals surface area (Å²) in [5.41, 5.74) is 2.45. The maximum atomic E-state index is 13.5. The van der Waals surface area contributed by atoms with Crippen LogP contribution >= 0.6 is 0 Å². The number of para-hydroxylation sites is 1. The molecule has 0 radical (unpaired) electrons. The van der Waals surface area contributed by atoms with Gasteiger partial charge < -0.3 is 5.32 Å². The molecule has 3 aromatic rings. The van der Waals surface area contributed by atoms with Gasteiger partial charge in [-0.15, -0.1) is 0 Å². The number of carbonyl (C=O) groups is 1. The average Bonchev–Trinajstić information content (AvgIpc) is 2.47. The number of pyridine rings is 1. The Kier molecular flexibility index (Phi) is 3.36. The molecule has 0 aliphatic carbocycles. The highest BCUT2D eigenvalue weighted by molar-refractivity contribution is 6.05. The van der Waals surface area contributed by atoms with Gasteiger partial charge in [0.1, 0.15) is 11.3 Å². The van der Waals surface area contributed by atoms with Crippen LogP contribution < -0.4 is 5.32 Å². The van der Waals surface area contributed by atoms with Crippen molar-refractivity contribution in [3.05, 3.63) is 71.7 Å². The van der Waals surface area contributed by atoms with Gasteiger partial charge in [-0.05, 0) is 36.8 Å². The number of nitrogens with one attached hydrogen (secondary N) is 1. The molecular formula is C17H13FN2O. The standard InChI is InChI=1S/C17H13FN2O/c1-11-4-2-6-14(8-11)20-17(21)13-9-12-5-3-7-15(18)16(12)19-10-13/h2-10H,1H3,(H,20,21). The number of aryl methyl sites for hydroxylation is 1. The Bertz CT molecular complexity index is 830. The molecule has 1 amide bonds. The first-order valence-corrected chi connectivity index (χ1v) is 6.56. The molecule has 104 valence electrons. The van der Waals surface area contributed by atoms with Crippen molar-refractivity contribution in [3.8, 4) is 0 Å². The van der Waals surface area contributed by atoms with Gasteiger partial charge >= 0.3 is 0 Å². The third-order valence-electron chi connectivity index (χ3n) is 3.20. The molecular weight excluding hydrogens is 267 g/mol. The van der Waals surface area contributed by atoms with E-state index in [2.05, 4.69) is 10.3 Å². The Hall–Kier alpha value is -2.75. The zero-order valence-electron chi connectivity index (χ0n) is 11.4. The van der Waals surface area contributed by atoms with E-state index in [-0.39, 0.29) is 11.4 Å². The molecule has 1 N–H and O–H groups in total. The fourth-order valence-corrected chi connectivity index (χ4v) is 2.17. The SMILES string of the molecule is Cc1cccc(NC(=O)c2cnc3c(F)cccc3c2)c1. The molecule has 0 unspecified atom stereocenters. The number of amides is 1. The molecule has 3 rings (SSSR count). The number of anilines is 1. The van der Waals surface area contributed by atoms with Gasteiger partial charge in [-0.3, -0.25) is 9.78 Å². The number of hydrogen-bond donors (Lipinski definition) is 1. The van der Waals surface area contributed by atoms with Gasteiger partial charge in [0.15, 0.2) is 0 Å². The highest BCUT2D eigenvalue weighted by atomic mass is 19.1. The lowest BCUT2D eigenvalue weighted by molar-refractivity contribution is 0.102. The molecule has 1 heterocycles. The number of rotatable bonds is 2. The summed E-state index contributed by atoms with van der Waals surface area (Å²) < 4.78 is 13.5. The van der Waals surface area contributed by atoms with E-state index in [1.54, 1.807) is 18.2 Å². The minimum atomic E-state index is -0.391. The van der Waals surface area contributed by atoms with Crippen molar-refractivity contribution in [2.24, 2.45) is 0 Å². The van der Waals surface area contributed by atoms with Crippen LogP contribution in [0.1, 0.15) is 15.9 Å². The van der Waals surface area contributed by atoms with Crippen LogP contribution in [0.5, 0.6) is 0 Å².